The van der Waals surface area contributed by atoms with Crippen LogP contribution in [0.25, 0.3) is 6.08 Å². The minimum absolute atomic E-state index is 0.164. The molecule has 0 spiro atoms. The third-order valence-corrected chi connectivity index (χ3v) is 3.86. The molecule has 0 radical (unpaired) electrons. The molecule has 3 rings (SSSR count). The largest absolute Gasteiger partial charge is 0.482 e. The molecule has 1 aliphatic rings. The number of rotatable bonds is 4. The van der Waals surface area contributed by atoms with E-state index in [0.717, 1.165) is 4.88 Å². The molecule has 0 fully saturated rings. The highest BCUT2D eigenvalue weighted by molar-refractivity contribution is 7.10. The maximum absolute atomic E-state index is 12.2. The molecule has 1 aliphatic heterocycles. The van der Waals surface area contributed by atoms with E-state index in [4.69, 9.17) is 9.47 Å². The molecule has 0 bridgehead atoms. The molecule has 22 heavy (non-hydrogen) atoms. The summed E-state index contributed by atoms with van der Waals surface area (Å²) in [6.45, 7) is -0.193. The summed E-state index contributed by atoms with van der Waals surface area (Å²) in [5, 5.41) is 1.93. The van der Waals surface area contributed by atoms with E-state index in [1.807, 2.05) is 17.5 Å². The van der Waals surface area contributed by atoms with Gasteiger partial charge in [0.25, 0.3) is 0 Å². The first-order valence-electron chi connectivity index (χ1n) is 6.49. The Morgan fingerprint density at radius 3 is 2.95 bits per heavy atom. The zero-order valence-corrected chi connectivity index (χ0v) is 12.5. The Hall–Kier alpha value is -2.60. The van der Waals surface area contributed by atoms with Gasteiger partial charge in [-0.2, -0.15) is 0 Å². The second-order valence-corrected chi connectivity index (χ2v) is 5.46. The number of benzene rings is 1. The van der Waals surface area contributed by atoms with Gasteiger partial charge in [-0.25, -0.2) is 4.79 Å². The molecule has 0 aliphatic carbocycles. The molecule has 0 N–H and O–H groups in total. The van der Waals surface area contributed by atoms with Crippen molar-refractivity contribution in [3.8, 4) is 11.5 Å². The standard InChI is InChI=1S/C16H12O5S/c1-19-15(17)9-20-10-4-5-12-13(7-10)21-14(16(12)18)8-11-3-2-6-22-11/h2-8H,9H2,1H3/b14-8-. The van der Waals surface area contributed by atoms with Gasteiger partial charge >= 0.3 is 5.97 Å². The monoisotopic (exact) mass is 316 g/mol. The molecular weight excluding hydrogens is 304 g/mol. The van der Waals surface area contributed by atoms with E-state index < -0.39 is 5.97 Å². The van der Waals surface area contributed by atoms with Crippen molar-refractivity contribution < 1.29 is 23.8 Å². The highest BCUT2D eigenvalue weighted by Crippen LogP contribution is 2.35. The number of allylic oxidation sites excluding steroid dienone is 1. The molecule has 2 aromatic rings. The Labute approximate surface area is 130 Å². The molecule has 0 saturated carbocycles. The van der Waals surface area contributed by atoms with E-state index in [9.17, 15) is 9.59 Å². The van der Waals surface area contributed by atoms with Crippen molar-refractivity contribution in [1.29, 1.82) is 0 Å². The van der Waals surface area contributed by atoms with Crippen LogP contribution in [0.3, 0.4) is 0 Å². The van der Waals surface area contributed by atoms with Gasteiger partial charge in [-0.1, -0.05) is 6.07 Å². The SMILES string of the molecule is COC(=O)COc1ccc2c(c1)O/C(=C\c1cccs1)C2=O. The summed E-state index contributed by atoms with van der Waals surface area (Å²) >= 11 is 1.52. The average Bonchev–Trinajstić information content (AvgIpc) is 3.14. The smallest absolute Gasteiger partial charge is 0.343 e. The lowest BCUT2D eigenvalue weighted by Gasteiger charge is -2.05. The van der Waals surface area contributed by atoms with E-state index in [1.165, 1.54) is 18.4 Å². The Balaban J connectivity index is 1.79. The maximum atomic E-state index is 12.2. The Morgan fingerprint density at radius 1 is 1.36 bits per heavy atom. The lowest BCUT2D eigenvalue weighted by Crippen LogP contribution is -2.12. The number of hydrogen-bond acceptors (Lipinski definition) is 6. The van der Waals surface area contributed by atoms with Crippen LogP contribution in [0.2, 0.25) is 0 Å². The summed E-state index contributed by atoms with van der Waals surface area (Å²) in [4.78, 5) is 24.2. The number of fused-ring (bicyclic) bond motifs is 1. The molecule has 6 heteroatoms. The first-order valence-corrected chi connectivity index (χ1v) is 7.37. The number of carbonyl (C=O) groups is 2. The fourth-order valence-electron chi connectivity index (χ4n) is 1.96. The summed E-state index contributed by atoms with van der Waals surface area (Å²) in [6, 6.07) is 8.65. The van der Waals surface area contributed by atoms with Crippen LogP contribution in [0, 0.1) is 0 Å². The molecule has 0 atom stereocenters. The Morgan fingerprint density at radius 2 is 2.23 bits per heavy atom. The number of ketones is 1. The van der Waals surface area contributed by atoms with Crippen molar-refractivity contribution >= 4 is 29.2 Å². The number of esters is 1. The van der Waals surface area contributed by atoms with Crippen molar-refractivity contribution in [2.75, 3.05) is 13.7 Å². The predicted octanol–water partition coefficient (Wildman–Crippen LogP) is 2.92. The summed E-state index contributed by atoms with van der Waals surface area (Å²) in [7, 11) is 1.29. The zero-order valence-electron chi connectivity index (χ0n) is 11.7. The van der Waals surface area contributed by atoms with Crippen LogP contribution in [-0.2, 0) is 9.53 Å². The molecule has 0 amide bonds. The van der Waals surface area contributed by atoms with Gasteiger partial charge in [0.1, 0.15) is 11.5 Å². The van der Waals surface area contributed by atoms with Gasteiger partial charge in [0.05, 0.1) is 12.7 Å². The van der Waals surface area contributed by atoms with Crippen LogP contribution >= 0.6 is 11.3 Å². The third-order valence-electron chi connectivity index (χ3n) is 3.04. The maximum Gasteiger partial charge on any atom is 0.343 e. The van der Waals surface area contributed by atoms with Gasteiger partial charge < -0.3 is 14.2 Å². The topological polar surface area (TPSA) is 61.8 Å². The van der Waals surface area contributed by atoms with E-state index in [1.54, 1.807) is 24.3 Å². The average molecular weight is 316 g/mol. The number of Topliss-reactive ketones (excluding diaryl/α,β-unsaturated/α-hetero) is 1. The Kier molecular flexibility index (Phi) is 3.93. The van der Waals surface area contributed by atoms with Crippen molar-refractivity contribution in [2.24, 2.45) is 0 Å². The van der Waals surface area contributed by atoms with Crippen LogP contribution in [0.15, 0.2) is 41.5 Å². The number of ether oxygens (including phenoxy) is 3. The fraction of sp³-hybridized carbons (Fsp3) is 0.125. The van der Waals surface area contributed by atoms with Crippen molar-refractivity contribution in [3.63, 3.8) is 0 Å². The minimum atomic E-state index is -0.476. The van der Waals surface area contributed by atoms with Gasteiger partial charge in [-0.15, -0.1) is 11.3 Å². The minimum Gasteiger partial charge on any atom is -0.482 e. The summed E-state index contributed by atoms with van der Waals surface area (Å²) in [5.41, 5.74) is 0.480. The highest BCUT2D eigenvalue weighted by atomic mass is 32.1. The van der Waals surface area contributed by atoms with Gasteiger partial charge in [0.2, 0.25) is 5.78 Å². The predicted molar refractivity (Wildman–Crippen MR) is 81.2 cm³/mol. The van der Waals surface area contributed by atoms with Crippen molar-refractivity contribution in [3.05, 3.63) is 51.9 Å². The quantitative estimate of drug-likeness (QED) is 0.641. The van der Waals surface area contributed by atoms with Crippen LogP contribution in [-0.4, -0.2) is 25.5 Å². The Bertz CT molecular complexity index is 746. The summed E-state index contributed by atoms with van der Waals surface area (Å²) < 4.78 is 15.4. The van der Waals surface area contributed by atoms with Gasteiger partial charge in [-0.05, 0) is 23.6 Å². The van der Waals surface area contributed by atoms with E-state index in [-0.39, 0.29) is 18.1 Å². The first-order chi connectivity index (χ1) is 10.7. The second-order valence-electron chi connectivity index (χ2n) is 4.48. The van der Waals surface area contributed by atoms with Gasteiger partial charge in [0.15, 0.2) is 12.4 Å². The normalized spacial score (nSPS) is 14.6. The number of methoxy groups -OCH3 is 1. The first kappa shape index (κ1) is 14.3. The molecular formula is C16H12O5S. The lowest BCUT2D eigenvalue weighted by atomic mass is 10.1. The molecule has 0 saturated heterocycles. The number of carbonyl (C=O) groups excluding carboxylic acids is 2. The van der Waals surface area contributed by atoms with Gasteiger partial charge in [-0.3, -0.25) is 4.79 Å². The molecule has 0 unspecified atom stereocenters. The van der Waals surface area contributed by atoms with E-state index in [0.29, 0.717) is 17.1 Å². The molecule has 1 aromatic heterocycles. The molecule has 1 aromatic carbocycles. The summed E-state index contributed by atoms with van der Waals surface area (Å²) in [5.74, 6) is 0.505. The van der Waals surface area contributed by atoms with Crippen LogP contribution < -0.4 is 9.47 Å². The van der Waals surface area contributed by atoms with Crippen molar-refractivity contribution in [2.45, 2.75) is 0 Å². The molecule has 112 valence electrons. The number of thiophene rings is 1. The zero-order chi connectivity index (χ0) is 15.5. The molecule has 2 heterocycles. The van der Waals surface area contributed by atoms with E-state index in [2.05, 4.69) is 4.74 Å². The fourth-order valence-corrected chi connectivity index (χ4v) is 2.61. The van der Waals surface area contributed by atoms with Crippen molar-refractivity contribution in [1.82, 2.24) is 0 Å². The number of hydrogen-bond donors (Lipinski definition) is 0. The van der Waals surface area contributed by atoms with Crippen LogP contribution in [0.5, 0.6) is 11.5 Å². The third kappa shape index (κ3) is 2.87. The highest BCUT2D eigenvalue weighted by Gasteiger charge is 2.27. The van der Waals surface area contributed by atoms with Crippen LogP contribution in [0.1, 0.15) is 15.2 Å². The van der Waals surface area contributed by atoms with E-state index >= 15 is 0 Å². The van der Waals surface area contributed by atoms with Crippen LogP contribution in [0.4, 0.5) is 0 Å². The lowest BCUT2D eigenvalue weighted by molar-refractivity contribution is -0.142. The summed E-state index contributed by atoms with van der Waals surface area (Å²) in [6.07, 6.45) is 1.71. The second kappa shape index (κ2) is 6.03. The molecule has 5 nitrogen and oxygen atoms in total. The van der Waals surface area contributed by atoms with Gasteiger partial charge in [0, 0.05) is 17.0 Å².